The summed E-state index contributed by atoms with van der Waals surface area (Å²) in [4.78, 5) is 15.0. The first-order valence-corrected chi connectivity index (χ1v) is 5.59. The van der Waals surface area contributed by atoms with E-state index in [0.29, 0.717) is 5.75 Å². The quantitative estimate of drug-likeness (QED) is 0.917. The number of nitriles is 1. The van der Waals surface area contributed by atoms with Crippen LogP contribution < -0.4 is 9.47 Å². The number of carboxylic acid groups (broad SMARTS) is 1. The predicted molar refractivity (Wildman–Crippen MR) is 69.0 cm³/mol. The van der Waals surface area contributed by atoms with Gasteiger partial charge in [-0.15, -0.1) is 0 Å². The van der Waals surface area contributed by atoms with Crippen molar-refractivity contribution in [2.75, 3.05) is 7.11 Å². The smallest absolute Gasteiger partial charge is 0.339 e. The Kier molecular flexibility index (Phi) is 3.82. The van der Waals surface area contributed by atoms with E-state index in [4.69, 9.17) is 19.8 Å². The van der Waals surface area contributed by atoms with Crippen molar-refractivity contribution in [3.8, 4) is 23.3 Å². The first-order valence-electron chi connectivity index (χ1n) is 5.59. The summed E-state index contributed by atoms with van der Waals surface area (Å²) < 4.78 is 10.5. The van der Waals surface area contributed by atoms with E-state index >= 15 is 0 Å². The largest absolute Gasteiger partial charge is 0.497 e. The number of carboxylic acids is 1. The molecular weight excluding hydrogens is 260 g/mol. The Hall–Kier alpha value is -3.07. The third kappa shape index (κ3) is 2.67. The summed E-state index contributed by atoms with van der Waals surface area (Å²) >= 11 is 0. The van der Waals surface area contributed by atoms with E-state index in [2.05, 4.69) is 4.98 Å². The van der Waals surface area contributed by atoms with E-state index in [9.17, 15) is 4.79 Å². The normalized spacial score (nSPS) is 9.60. The van der Waals surface area contributed by atoms with Crippen LogP contribution in [0, 0.1) is 11.3 Å². The number of nitrogens with zero attached hydrogens (tertiary/aromatic N) is 2. The van der Waals surface area contributed by atoms with Gasteiger partial charge in [0.1, 0.15) is 23.1 Å². The topological polar surface area (TPSA) is 92.4 Å². The fourth-order valence-corrected chi connectivity index (χ4v) is 1.56. The molecule has 1 aromatic carbocycles. The second-order valence-electron chi connectivity index (χ2n) is 3.75. The Balaban J connectivity index is 2.46. The van der Waals surface area contributed by atoms with Crippen LogP contribution in [0.25, 0.3) is 0 Å². The highest BCUT2D eigenvalue weighted by Gasteiger charge is 2.15. The van der Waals surface area contributed by atoms with Gasteiger partial charge < -0.3 is 14.6 Å². The number of aromatic carboxylic acids is 1. The van der Waals surface area contributed by atoms with Gasteiger partial charge in [0.05, 0.1) is 18.9 Å². The maximum absolute atomic E-state index is 11.2. The van der Waals surface area contributed by atoms with E-state index in [1.807, 2.05) is 6.07 Å². The number of benzene rings is 1. The molecule has 0 amide bonds. The van der Waals surface area contributed by atoms with Crippen molar-refractivity contribution in [2.45, 2.75) is 0 Å². The lowest BCUT2D eigenvalue weighted by molar-refractivity contribution is 0.0694. The van der Waals surface area contributed by atoms with Crippen molar-refractivity contribution in [1.82, 2.24) is 4.98 Å². The summed E-state index contributed by atoms with van der Waals surface area (Å²) in [7, 11) is 1.46. The molecule has 1 N–H and O–H groups in total. The van der Waals surface area contributed by atoms with E-state index < -0.39 is 5.97 Å². The molecule has 2 aromatic rings. The minimum atomic E-state index is -1.13. The average molecular weight is 270 g/mol. The van der Waals surface area contributed by atoms with Gasteiger partial charge in [0, 0.05) is 12.3 Å². The number of carbonyl (C=O) groups is 1. The highest BCUT2D eigenvalue weighted by Crippen LogP contribution is 2.30. The summed E-state index contributed by atoms with van der Waals surface area (Å²) in [5.41, 5.74) is 0.234. The standard InChI is InChI=1S/C14H10N2O4/c1-19-10-2-3-11(14(17)18)12(6-10)20-13-8-16-5-4-9(13)7-15/h2-6,8H,1H3,(H,17,18). The van der Waals surface area contributed by atoms with Gasteiger partial charge in [-0.1, -0.05) is 0 Å². The predicted octanol–water partition coefficient (Wildman–Crippen LogP) is 2.45. The zero-order valence-corrected chi connectivity index (χ0v) is 10.5. The number of pyridine rings is 1. The summed E-state index contributed by atoms with van der Waals surface area (Å²) in [6.45, 7) is 0. The molecular formula is C14H10N2O4. The molecule has 20 heavy (non-hydrogen) atoms. The number of ether oxygens (including phenoxy) is 2. The molecule has 1 heterocycles. The molecule has 0 bridgehead atoms. The highest BCUT2D eigenvalue weighted by atomic mass is 16.5. The monoisotopic (exact) mass is 270 g/mol. The number of methoxy groups -OCH3 is 1. The maximum atomic E-state index is 11.2. The van der Waals surface area contributed by atoms with Crippen LogP contribution in [0.1, 0.15) is 15.9 Å². The summed E-state index contributed by atoms with van der Waals surface area (Å²) in [6.07, 6.45) is 2.80. The Labute approximate surface area is 114 Å². The zero-order valence-electron chi connectivity index (χ0n) is 10.5. The summed E-state index contributed by atoms with van der Waals surface area (Å²) in [6, 6.07) is 7.77. The second kappa shape index (κ2) is 5.71. The molecule has 0 aliphatic heterocycles. The Morgan fingerprint density at radius 3 is 2.80 bits per heavy atom. The lowest BCUT2D eigenvalue weighted by Crippen LogP contribution is -2.01. The molecule has 0 unspecified atom stereocenters. The molecule has 0 saturated heterocycles. The van der Waals surface area contributed by atoms with E-state index in [1.54, 1.807) is 0 Å². The number of hydrogen-bond acceptors (Lipinski definition) is 5. The first kappa shape index (κ1) is 13.4. The van der Waals surface area contributed by atoms with Gasteiger partial charge in [0.25, 0.3) is 0 Å². The van der Waals surface area contributed by atoms with Gasteiger partial charge in [-0.25, -0.2) is 4.79 Å². The average Bonchev–Trinajstić information content (AvgIpc) is 2.47. The second-order valence-corrected chi connectivity index (χ2v) is 3.75. The Morgan fingerprint density at radius 1 is 1.35 bits per heavy atom. The van der Waals surface area contributed by atoms with Crippen LogP contribution in [0.2, 0.25) is 0 Å². The van der Waals surface area contributed by atoms with Crippen molar-refractivity contribution >= 4 is 5.97 Å². The van der Waals surface area contributed by atoms with E-state index in [-0.39, 0.29) is 22.6 Å². The van der Waals surface area contributed by atoms with Crippen LogP contribution in [0.15, 0.2) is 36.7 Å². The van der Waals surface area contributed by atoms with Crippen molar-refractivity contribution in [2.24, 2.45) is 0 Å². The first-order chi connectivity index (χ1) is 9.65. The molecule has 0 spiro atoms. The molecule has 100 valence electrons. The van der Waals surface area contributed by atoms with Crippen molar-refractivity contribution in [1.29, 1.82) is 5.26 Å². The van der Waals surface area contributed by atoms with Gasteiger partial charge in [0.15, 0.2) is 5.75 Å². The van der Waals surface area contributed by atoms with Crippen LogP contribution in [0.3, 0.4) is 0 Å². The van der Waals surface area contributed by atoms with E-state index in [0.717, 1.165) is 0 Å². The Morgan fingerprint density at radius 2 is 2.15 bits per heavy atom. The number of rotatable bonds is 4. The minimum Gasteiger partial charge on any atom is -0.497 e. The Bertz CT molecular complexity index is 692. The van der Waals surface area contributed by atoms with Crippen LogP contribution in [0.5, 0.6) is 17.2 Å². The molecule has 1 aromatic heterocycles. The molecule has 6 nitrogen and oxygen atoms in total. The third-order valence-electron chi connectivity index (χ3n) is 2.54. The van der Waals surface area contributed by atoms with Gasteiger partial charge in [-0.2, -0.15) is 5.26 Å². The molecule has 2 rings (SSSR count). The third-order valence-corrected chi connectivity index (χ3v) is 2.54. The number of aromatic nitrogens is 1. The highest BCUT2D eigenvalue weighted by molar-refractivity contribution is 5.91. The number of hydrogen-bond donors (Lipinski definition) is 1. The summed E-state index contributed by atoms with van der Waals surface area (Å²) in [5.74, 6) is -0.412. The fourth-order valence-electron chi connectivity index (χ4n) is 1.56. The molecule has 0 aliphatic carbocycles. The molecule has 0 fully saturated rings. The van der Waals surface area contributed by atoms with Crippen molar-refractivity contribution in [3.05, 3.63) is 47.8 Å². The SMILES string of the molecule is COc1ccc(C(=O)O)c(Oc2cnccc2C#N)c1. The van der Waals surface area contributed by atoms with Crippen molar-refractivity contribution < 1.29 is 19.4 Å². The molecule has 6 heteroatoms. The minimum absolute atomic E-state index is 0.0291. The van der Waals surface area contributed by atoms with Gasteiger partial charge in [-0.05, 0) is 18.2 Å². The maximum Gasteiger partial charge on any atom is 0.339 e. The summed E-state index contributed by atoms with van der Waals surface area (Å²) in [5, 5.41) is 18.1. The lowest BCUT2D eigenvalue weighted by Gasteiger charge is -2.10. The van der Waals surface area contributed by atoms with Crippen LogP contribution in [-0.2, 0) is 0 Å². The lowest BCUT2D eigenvalue weighted by atomic mass is 10.2. The van der Waals surface area contributed by atoms with Gasteiger partial charge >= 0.3 is 5.97 Å². The van der Waals surface area contributed by atoms with Crippen LogP contribution >= 0.6 is 0 Å². The molecule has 0 atom stereocenters. The molecule has 0 radical (unpaired) electrons. The molecule has 0 aliphatic rings. The van der Waals surface area contributed by atoms with Crippen LogP contribution in [-0.4, -0.2) is 23.2 Å². The fraction of sp³-hybridized carbons (Fsp3) is 0.0714. The molecule has 0 saturated carbocycles. The van der Waals surface area contributed by atoms with Gasteiger partial charge in [-0.3, -0.25) is 4.98 Å². The zero-order chi connectivity index (χ0) is 14.5. The van der Waals surface area contributed by atoms with E-state index in [1.165, 1.54) is 43.8 Å². The van der Waals surface area contributed by atoms with Gasteiger partial charge in [0.2, 0.25) is 0 Å². The van der Waals surface area contributed by atoms with Crippen molar-refractivity contribution in [3.63, 3.8) is 0 Å². The van der Waals surface area contributed by atoms with Crippen LogP contribution in [0.4, 0.5) is 0 Å².